The van der Waals surface area contributed by atoms with E-state index in [4.69, 9.17) is 0 Å². The maximum Gasteiger partial charge on any atom is 0.416 e. The van der Waals surface area contributed by atoms with Crippen molar-refractivity contribution in [3.8, 4) is 5.75 Å². The molecule has 7 nitrogen and oxygen atoms in total. The summed E-state index contributed by atoms with van der Waals surface area (Å²) in [6.07, 6.45) is -2.20. The van der Waals surface area contributed by atoms with Gasteiger partial charge in [0.15, 0.2) is 11.5 Å². The summed E-state index contributed by atoms with van der Waals surface area (Å²) >= 11 is 0. The molecule has 0 radical (unpaired) electrons. The van der Waals surface area contributed by atoms with Crippen LogP contribution < -0.4 is 10.6 Å². The first-order valence-corrected chi connectivity index (χ1v) is 9.06. The van der Waals surface area contributed by atoms with Crippen molar-refractivity contribution < 1.29 is 18.3 Å². The fourth-order valence-electron chi connectivity index (χ4n) is 2.88. The quantitative estimate of drug-likeness (QED) is 0.371. The third-order valence-corrected chi connectivity index (χ3v) is 4.40. The Hall–Kier alpha value is -3.82. The third kappa shape index (κ3) is 4.43. The van der Waals surface area contributed by atoms with Gasteiger partial charge in [0, 0.05) is 12.2 Å². The Morgan fingerprint density at radius 2 is 1.70 bits per heavy atom. The highest BCUT2D eigenvalue weighted by Crippen LogP contribution is 2.30. The zero-order valence-electron chi connectivity index (χ0n) is 15.5. The molecule has 0 aliphatic carbocycles. The van der Waals surface area contributed by atoms with E-state index < -0.39 is 11.7 Å². The van der Waals surface area contributed by atoms with E-state index in [1.807, 2.05) is 12.1 Å². The number of nitrogens with one attached hydrogen (secondary N) is 3. The van der Waals surface area contributed by atoms with Gasteiger partial charge in [-0.25, -0.2) is 4.98 Å². The molecule has 2 aromatic carbocycles. The molecule has 0 saturated carbocycles. The second-order valence-corrected chi connectivity index (χ2v) is 6.54. The number of aromatic amines is 1. The van der Waals surface area contributed by atoms with Crippen LogP contribution in [0.25, 0.3) is 11.2 Å². The number of phenols is 1. The van der Waals surface area contributed by atoms with Crippen molar-refractivity contribution in [2.45, 2.75) is 12.6 Å². The van der Waals surface area contributed by atoms with Gasteiger partial charge >= 0.3 is 6.18 Å². The third-order valence-electron chi connectivity index (χ3n) is 4.40. The van der Waals surface area contributed by atoms with Crippen LogP contribution in [0.4, 0.5) is 30.6 Å². The van der Waals surface area contributed by atoms with Gasteiger partial charge in [0.05, 0.1) is 11.9 Å². The molecule has 0 aliphatic heterocycles. The van der Waals surface area contributed by atoms with Gasteiger partial charge < -0.3 is 20.7 Å². The van der Waals surface area contributed by atoms with Crippen molar-refractivity contribution >= 4 is 28.6 Å². The number of halogens is 3. The zero-order valence-corrected chi connectivity index (χ0v) is 15.5. The molecule has 0 unspecified atom stereocenters. The average Bonchev–Trinajstić information content (AvgIpc) is 3.18. The number of alkyl halides is 3. The number of hydrogen-bond donors (Lipinski definition) is 4. The molecule has 10 heteroatoms. The zero-order chi connectivity index (χ0) is 21.1. The number of anilines is 3. The van der Waals surface area contributed by atoms with E-state index >= 15 is 0 Å². The number of nitrogens with zero attached hydrogens (tertiary/aromatic N) is 3. The minimum absolute atomic E-state index is 0.209. The van der Waals surface area contributed by atoms with Crippen LogP contribution in [0.3, 0.4) is 0 Å². The van der Waals surface area contributed by atoms with Crippen LogP contribution >= 0.6 is 0 Å². The number of aromatic nitrogens is 4. The lowest BCUT2D eigenvalue weighted by atomic mass is 10.1. The standard InChI is InChI=1S/C20H17F3N6O/c21-20(22,23)13-3-5-14(6-4-13)27-19-28-17(16-18(29-19)26-11-25-16)24-10-9-12-1-7-15(30)8-2-12/h1-8,11,30H,9-10H2,(H3,24,25,26,27,28,29). The first-order valence-electron chi connectivity index (χ1n) is 9.06. The molecule has 0 bridgehead atoms. The van der Waals surface area contributed by atoms with E-state index in [1.54, 1.807) is 12.1 Å². The number of imidazole rings is 1. The van der Waals surface area contributed by atoms with E-state index in [0.29, 0.717) is 35.6 Å². The van der Waals surface area contributed by atoms with E-state index in [0.717, 1.165) is 17.7 Å². The maximum absolute atomic E-state index is 12.7. The minimum Gasteiger partial charge on any atom is -0.508 e. The lowest BCUT2D eigenvalue weighted by Gasteiger charge is -2.11. The second-order valence-electron chi connectivity index (χ2n) is 6.54. The summed E-state index contributed by atoms with van der Waals surface area (Å²) in [5, 5.41) is 15.5. The van der Waals surface area contributed by atoms with Gasteiger partial charge in [-0.1, -0.05) is 12.1 Å². The number of rotatable bonds is 6. The molecule has 4 rings (SSSR count). The molecule has 2 heterocycles. The summed E-state index contributed by atoms with van der Waals surface area (Å²) in [4.78, 5) is 15.8. The number of benzene rings is 2. The summed E-state index contributed by atoms with van der Waals surface area (Å²) in [6.45, 7) is 0.565. The van der Waals surface area contributed by atoms with E-state index in [9.17, 15) is 18.3 Å². The lowest BCUT2D eigenvalue weighted by molar-refractivity contribution is -0.137. The summed E-state index contributed by atoms with van der Waals surface area (Å²) in [5.41, 5.74) is 1.78. The van der Waals surface area contributed by atoms with Crippen LogP contribution in [0.15, 0.2) is 54.9 Å². The van der Waals surface area contributed by atoms with Crippen molar-refractivity contribution in [1.82, 2.24) is 19.9 Å². The molecule has 4 N–H and O–H groups in total. The number of H-pyrrole nitrogens is 1. The SMILES string of the molecule is Oc1ccc(CCNc2nc(Nc3ccc(C(F)(F)F)cc3)nc3nc[nH]c23)cc1. The van der Waals surface area contributed by atoms with Gasteiger partial charge in [-0.2, -0.15) is 23.1 Å². The highest BCUT2D eigenvalue weighted by atomic mass is 19.4. The Labute approximate surface area is 169 Å². The van der Waals surface area contributed by atoms with Crippen molar-refractivity contribution in [3.63, 3.8) is 0 Å². The highest BCUT2D eigenvalue weighted by Gasteiger charge is 2.29. The number of fused-ring (bicyclic) bond motifs is 1. The van der Waals surface area contributed by atoms with E-state index in [1.165, 1.54) is 18.5 Å². The smallest absolute Gasteiger partial charge is 0.416 e. The molecule has 0 spiro atoms. The van der Waals surface area contributed by atoms with Gasteiger partial charge in [0.1, 0.15) is 11.3 Å². The molecule has 0 saturated heterocycles. The van der Waals surface area contributed by atoms with Crippen LogP contribution in [0.2, 0.25) is 0 Å². The molecule has 0 fully saturated rings. The van der Waals surface area contributed by atoms with E-state index in [-0.39, 0.29) is 11.7 Å². The van der Waals surface area contributed by atoms with Gasteiger partial charge in [-0.05, 0) is 48.4 Å². The van der Waals surface area contributed by atoms with Gasteiger partial charge in [0.25, 0.3) is 0 Å². The van der Waals surface area contributed by atoms with Crippen LogP contribution in [-0.4, -0.2) is 31.6 Å². The summed E-state index contributed by atoms with van der Waals surface area (Å²) in [6, 6.07) is 11.5. The first-order chi connectivity index (χ1) is 14.4. The predicted octanol–water partition coefficient (Wildman–Crippen LogP) is 4.48. The van der Waals surface area contributed by atoms with Gasteiger partial charge in [-0.3, -0.25) is 0 Å². The number of aromatic hydroxyl groups is 1. The number of hydrogen-bond acceptors (Lipinski definition) is 6. The van der Waals surface area contributed by atoms with Crippen LogP contribution in [0.5, 0.6) is 5.75 Å². The number of phenolic OH excluding ortho intramolecular Hbond substituents is 1. The molecule has 0 aliphatic rings. The fourth-order valence-corrected chi connectivity index (χ4v) is 2.88. The van der Waals surface area contributed by atoms with Crippen molar-refractivity contribution in [3.05, 3.63) is 66.0 Å². The molecule has 2 aromatic heterocycles. The van der Waals surface area contributed by atoms with E-state index in [2.05, 4.69) is 30.6 Å². The van der Waals surface area contributed by atoms with Crippen molar-refractivity contribution in [2.75, 3.05) is 17.2 Å². The topological polar surface area (TPSA) is 98.8 Å². The second kappa shape index (κ2) is 7.90. The largest absolute Gasteiger partial charge is 0.508 e. The molecular weight excluding hydrogens is 397 g/mol. The average molecular weight is 414 g/mol. The monoisotopic (exact) mass is 414 g/mol. The molecular formula is C20H17F3N6O. The van der Waals surface area contributed by atoms with Gasteiger partial charge in [0.2, 0.25) is 5.95 Å². The van der Waals surface area contributed by atoms with Crippen LogP contribution in [0.1, 0.15) is 11.1 Å². The summed E-state index contributed by atoms with van der Waals surface area (Å²) in [5.74, 6) is 0.938. The first kappa shape index (κ1) is 19.5. The maximum atomic E-state index is 12.7. The predicted molar refractivity (Wildman–Crippen MR) is 107 cm³/mol. The molecule has 154 valence electrons. The Balaban J connectivity index is 1.50. The molecule has 0 amide bonds. The Morgan fingerprint density at radius 3 is 2.40 bits per heavy atom. The molecule has 4 aromatic rings. The Bertz CT molecular complexity index is 1140. The minimum atomic E-state index is -4.39. The Morgan fingerprint density at radius 1 is 0.967 bits per heavy atom. The van der Waals surface area contributed by atoms with Crippen LogP contribution in [-0.2, 0) is 12.6 Å². The molecule has 0 atom stereocenters. The molecule has 30 heavy (non-hydrogen) atoms. The highest BCUT2D eigenvalue weighted by molar-refractivity contribution is 5.84. The van der Waals surface area contributed by atoms with Gasteiger partial charge in [-0.15, -0.1) is 0 Å². The van der Waals surface area contributed by atoms with Crippen molar-refractivity contribution in [1.29, 1.82) is 0 Å². The lowest BCUT2D eigenvalue weighted by Crippen LogP contribution is -2.09. The fraction of sp³-hybridized carbons (Fsp3) is 0.150. The Kier molecular flexibility index (Phi) is 5.13. The summed E-state index contributed by atoms with van der Waals surface area (Å²) in [7, 11) is 0. The van der Waals surface area contributed by atoms with Crippen molar-refractivity contribution in [2.24, 2.45) is 0 Å². The normalized spacial score (nSPS) is 11.6. The van der Waals surface area contributed by atoms with Crippen LogP contribution in [0, 0.1) is 0 Å². The summed E-state index contributed by atoms with van der Waals surface area (Å²) < 4.78 is 38.2.